The number of guanidine groups is 1. The lowest BCUT2D eigenvalue weighted by Gasteiger charge is -2.07. The molecule has 0 heterocycles. The smallest absolute Gasteiger partial charge is 0.275 e. The van der Waals surface area contributed by atoms with Gasteiger partial charge in [0, 0.05) is 9.13 Å². The zero-order chi connectivity index (χ0) is 14.4. The molecule has 0 atom stereocenters. The molecule has 0 bridgehead atoms. The van der Waals surface area contributed by atoms with Crippen molar-refractivity contribution in [3.63, 3.8) is 0 Å². The van der Waals surface area contributed by atoms with Crippen LogP contribution in [0.3, 0.4) is 0 Å². The Labute approximate surface area is 135 Å². The molecule has 3 N–H and O–H groups in total. The molecule has 0 aliphatic heterocycles. The quantitative estimate of drug-likeness (QED) is 0.218. The molecule has 0 spiro atoms. The van der Waals surface area contributed by atoms with Gasteiger partial charge in [0.2, 0.25) is 0 Å². The van der Waals surface area contributed by atoms with Gasteiger partial charge in [0.15, 0.2) is 5.03 Å². The zero-order valence-electron chi connectivity index (χ0n) is 9.63. The van der Waals surface area contributed by atoms with E-state index in [0.717, 1.165) is 7.14 Å². The van der Waals surface area contributed by atoms with Crippen LogP contribution < -0.4 is 15.9 Å². The fourth-order valence-electron chi connectivity index (χ4n) is 1.16. The van der Waals surface area contributed by atoms with E-state index in [1.807, 2.05) is 12.1 Å². The summed E-state index contributed by atoms with van der Waals surface area (Å²) in [7, 11) is 1.55. The summed E-state index contributed by atoms with van der Waals surface area (Å²) in [6.07, 6.45) is 1.41. The average Bonchev–Trinajstić information content (AvgIpc) is 2.27. The lowest BCUT2D eigenvalue weighted by Crippen LogP contribution is -2.35. The normalized spacial score (nSPS) is 11.6. The number of hydrogen-bond acceptors (Lipinski definition) is 5. The highest BCUT2D eigenvalue weighted by Gasteiger charge is 2.07. The summed E-state index contributed by atoms with van der Waals surface area (Å²) in [5.41, 5.74) is 7.61. The molecule has 0 unspecified atom stereocenters. The monoisotopic (exact) mass is 489 g/mol. The van der Waals surface area contributed by atoms with Crippen molar-refractivity contribution >= 4 is 57.4 Å². The van der Waals surface area contributed by atoms with E-state index in [0.29, 0.717) is 11.3 Å². The summed E-state index contributed by atoms with van der Waals surface area (Å²) in [6, 6.07) is 3.79. The molecule has 8 nitrogen and oxygen atoms in total. The molecule has 0 saturated carbocycles. The molecule has 0 aliphatic rings. The minimum atomic E-state index is -0.816. The second-order valence-electron chi connectivity index (χ2n) is 3.11. The highest BCUT2D eigenvalue weighted by Crippen LogP contribution is 2.26. The maximum Gasteiger partial charge on any atom is 0.275 e. The summed E-state index contributed by atoms with van der Waals surface area (Å²) in [5, 5.41) is 16.4. The van der Waals surface area contributed by atoms with Crippen LogP contribution in [0.15, 0.2) is 22.3 Å². The van der Waals surface area contributed by atoms with Crippen LogP contribution in [0, 0.1) is 17.3 Å². The van der Waals surface area contributed by atoms with Crippen LogP contribution in [0.25, 0.3) is 0 Å². The first-order chi connectivity index (χ1) is 8.93. The molecule has 0 fully saturated rings. The SMILES string of the molecule is COc1c(I)cc(I)cc1/C=N/N=C(N)N[N+](=O)[O-]. The van der Waals surface area contributed by atoms with Crippen molar-refractivity contribution in [3.05, 3.63) is 35.0 Å². The Morgan fingerprint density at radius 2 is 2.26 bits per heavy atom. The van der Waals surface area contributed by atoms with E-state index in [2.05, 4.69) is 55.4 Å². The second kappa shape index (κ2) is 7.42. The number of ether oxygens (including phenoxy) is 1. The Morgan fingerprint density at radius 3 is 2.84 bits per heavy atom. The van der Waals surface area contributed by atoms with Gasteiger partial charge in [0.05, 0.1) is 16.9 Å². The lowest BCUT2D eigenvalue weighted by atomic mass is 10.2. The lowest BCUT2D eigenvalue weighted by molar-refractivity contribution is -0.525. The summed E-state index contributed by atoms with van der Waals surface area (Å²) in [4.78, 5) is 10.1. The number of rotatable bonds is 4. The largest absolute Gasteiger partial charge is 0.495 e. The molecule has 0 amide bonds. The van der Waals surface area contributed by atoms with Gasteiger partial charge in [-0.3, -0.25) is 0 Å². The highest BCUT2D eigenvalue weighted by atomic mass is 127. The van der Waals surface area contributed by atoms with Gasteiger partial charge in [-0.05, 0) is 57.3 Å². The van der Waals surface area contributed by atoms with E-state index in [1.165, 1.54) is 6.21 Å². The highest BCUT2D eigenvalue weighted by molar-refractivity contribution is 14.1. The first kappa shape index (κ1) is 15.9. The van der Waals surface area contributed by atoms with Crippen molar-refractivity contribution in [2.75, 3.05) is 7.11 Å². The van der Waals surface area contributed by atoms with Crippen LogP contribution >= 0.6 is 45.2 Å². The Bertz CT molecular complexity index is 547. The predicted octanol–water partition coefficient (Wildman–Crippen LogP) is 1.33. The Hall–Kier alpha value is -1.18. The van der Waals surface area contributed by atoms with Crippen molar-refractivity contribution in [1.82, 2.24) is 5.43 Å². The number of nitro groups is 1. The van der Waals surface area contributed by atoms with E-state index in [-0.39, 0.29) is 0 Å². The number of nitrogens with zero attached hydrogens (tertiary/aromatic N) is 3. The number of hydrogen-bond donors (Lipinski definition) is 2. The van der Waals surface area contributed by atoms with Crippen molar-refractivity contribution in [2.45, 2.75) is 0 Å². The maximum atomic E-state index is 10.1. The second-order valence-corrected chi connectivity index (χ2v) is 5.52. The Morgan fingerprint density at radius 1 is 1.58 bits per heavy atom. The number of nitrogens with two attached hydrogens (primary N) is 1. The molecule has 10 heteroatoms. The van der Waals surface area contributed by atoms with Crippen LogP contribution in [0.2, 0.25) is 0 Å². The van der Waals surface area contributed by atoms with Crippen molar-refractivity contribution in [3.8, 4) is 5.75 Å². The van der Waals surface area contributed by atoms with Gasteiger partial charge >= 0.3 is 0 Å². The fourth-order valence-corrected chi connectivity index (χ4v) is 3.27. The molecule has 0 saturated heterocycles. The van der Waals surface area contributed by atoms with Gasteiger partial charge in [-0.15, -0.1) is 5.10 Å². The van der Waals surface area contributed by atoms with Crippen molar-refractivity contribution < 1.29 is 9.77 Å². The standard InChI is InChI=1S/C9H9I2N5O3/c1-19-8-5(2-6(10)3-7(8)11)4-13-14-9(12)15-16(17)18/h2-4H,1H3,(H3,12,14,15)/b13-4+. The van der Waals surface area contributed by atoms with E-state index >= 15 is 0 Å². The van der Waals surface area contributed by atoms with Gasteiger partial charge in [0.25, 0.3) is 5.96 Å². The number of nitrogens with one attached hydrogen (secondary N) is 1. The van der Waals surface area contributed by atoms with E-state index < -0.39 is 11.0 Å². The van der Waals surface area contributed by atoms with E-state index in [9.17, 15) is 10.1 Å². The van der Waals surface area contributed by atoms with Crippen molar-refractivity contribution in [2.24, 2.45) is 15.9 Å². The molecule has 0 radical (unpaired) electrons. The van der Waals surface area contributed by atoms with Gasteiger partial charge in [-0.1, -0.05) is 5.43 Å². The number of benzene rings is 1. The first-order valence-electron chi connectivity index (χ1n) is 4.74. The summed E-state index contributed by atoms with van der Waals surface area (Å²) in [5.74, 6) is 0.251. The number of halogens is 2. The third-order valence-electron chi connectivity index (χ3n) is 1.81. The third-order valence-corrected chi connectivity index (χ3v) is 3.23. The molecule has 102 valence electrons. The number of methoxy groups -OCH3 is 1. The average molecular weight is 489 g/mol. The molecule has 0 aliphatic carbocycles. The van der Waals surface area contributed by atoms with Crippen LogP contribution in [0.1, 0.15) is 5.56 Å². The molecule has 1 aromatic carbocycles. The fraction of sp³-hybridized carbons (Fsp3) is 0.111. The van der Waals surface area contributed by atoms with Crippen LogP contribution in [-0.4, -0.2) is 24.3 Å². The van der Waals surface area contributed by atoms with Crippen LogP contribution in [0.5, 0.6) is 5.75 Å². The minimum absolute atomic E-state index is 0.402. The maximum absolute atomic E-state index is 10.1. The molecule has 19 heavy (non-hydrogen) atoms. The zero-order valence-corrected chi connectivity index (χ0v) is 13.9. The summed E-state index contributed by atoms with van der Waals surface area (Å²) < 4.78 is 7.18. The van der Waals surface area contributed by atoms with E-state index in [4.69, 9.17) is 10.5 Å². The van der Waals surface area contributed by atoms with Gasteiger partial charge in [-0.25, -0.2) is 10.1 Å². The minimum Gasteiger partial charge on any atom is -0.495 e. The first-order valence-corrected chi connectivity index (χ1v) is 6.90. The summed E-state index contributed by atoms with van der Waals surface area (Å²) >= 11 is 4.30. The molecule has 1 rings (SSSR count). The van der Waals surface area contributed by atoms with Crippen LogP contribution in [-0.2, 0) is 0 Å². The van der Waals surface area contributed by atoms with Gasteiger partial charge in [-0.2, -0.15) is 5.10 Å². The summed E-state index contributed by atoms with van der Waals surface area (Å²) in [6.45, 7) is 0. The van der Waals surface area contributed by atoms with Gasteiger partial charge < -0.3 is 10.5 Å². The Kier molecular flexibility index (Phi) is 6.20. The third kappa shape index (κ3) is 5.14. The molecular formula is C9H9I2N5O3. The van der Waals surface area contributed by atoms with E-state index in [1.54, 1.807) is 12.5 Å². The molecule has 1 aromatic rings. The number of hydrazine groups is 1. The van der Waals surface area contributed by atoms with Crippen molar-refractivity contribution in [1.29, 1.82) is 0 Å². The van der Waals surface area contributed by atoms with Crippen LogP contribution in [0.4, 0.5) is 0 Å². The van der Waals surface area contributed by atoms with Gasteiger partial charge in [0.1, 0.15) is 5.75 Å². The predicted molar refractivity (Wildman–Crippen MR) is 87.8 cm³/mol. The molecule has 0 aromatic heterocycles. The Balaban J connectivity index is 2.96. The topological polar surface area (TPSA) is 115 Å². The molecular weight excluding hydrogens is 480 g/mol.